The summed E-state index contributed by atoms with van der Waals surface area (Å²) < 4.78 is 15.9. The van der Waals surface area contributed by atoms with Crippen molar-refractivity contribution < 1.29 is 14.2 Å². The average Bonchev–Trinajstić information content (AvgIpc) is 2.60. The Balaban J connectivity index is 1.92. The average molecular weight is 315 g/mol. The van der Waals surface area contributed by atoms with E-state index in [2.05, 4.69) is 30.4 Å². The Morgan fingerprint density at radius 1 is 0.870 bits per heavy atom. The molecule has 0 heterocycles. The monoisotopic (exact) mass is 315 g/mol. The molecular formula is C19H25NO3. The molecule has 0 radical (unpaired) electrons. The number of methoxy groups -OCH3 is 3. The molecule has 124 valence electrons. The predicted molar refractivity (Wildman–Crippen MR) is 92.5 cm³/mol. The highest BCUT2D eigenvalue weighted by Gasteiger charge is 2.08. The maximum atomic E-state index is 5.35. The van der Waals surface area contributed by atoms with Crippen LogP contribution in [0.2, 0.25) is 0 Å². The molecule has 1 atom stereocenters. The Kier molecular flexibility index (Phi) is 6.29. The molecule has 1 unspecified atom stereocenters. The van der Waals surface area contributed by atoms with E-state index in [1.807, 2.05) is 24.3 Å². The van der Waals surface area contributed by atoms with E-state index in [-0.39, 0.29) is 0 Å². The van der Waals surface area contributed by atoms with Crippen molar-refractivity contribution in [2.24, 2.45) is 0 Å². The molecular weight excluding hydrogens is 290 g/mol. The minimum Gasteiger partial charge on any atom is -0.497 e. The van der Waals surface area contributed by atoms with Crippen LogP contribution in [0.15, 0.2) is 42.5 Å². The molecule has 2 aromatic carbocycles. The molecule has 0 saturated heterocycles. The van der Waals surface area contributed by atoms with Crippen LogP contribution in [-0.2, 0) is 13.0 Å². The summed E-state index contributed by atoms with van der Waals surface area (Å²) in [5.41, 5.74) is 2.43. The molecule has 4 nitrogen and oxygen atoms in total. The molecule has 0 aliphatic rings. The van der Waals surface area contributed by atoms with Crippen LogP contribution >= 0.6 is 0 Å². The van der Waals surface area contributed by atoms with Crippen LogP contribution in [0.1, 0.15) is 18.1 Å². The minimum atomic E-state index is 0.347. The molecule has 0 aliphatic heterocycles. The molecule has 0 spiro atoms. The number of nitrogens with one attached hydrogen (secondary N) is 1. The lowest BCUT2D eigenvalue weighted by Gasteiger charge is -2.16. The molecule has 4 heteroatoms. The lowest BCUT2D eigenvalue weighted by Crippen LogP contribution is -2.27. The summed E-state index contributed by atoms with van der Waals surface area (Å²) in [7, 11) is 4.99. The molecule has 0 bridgehead atoms. The van der Waals surface area contributed by atoms with Gasteiger partial charge in [-0.05, 0) is 48.7 Å². The normalized spacial score (nSPS) is 11.8. The van der Waals surface area contributed by atoms with Gasteiger partial charge in [0.2, 0.25) is 0 Å². The summed E-state index contributed by atoms with van der Waals surface area (Å²) in [6.07, 6.45) is 0.921. The van der Waals surface area contributed by atoms with Crippen LogP contribution in [-0.4, -0.2) is 27.4 Å². The van der Waals surface area contributed by atoms with Gasteiger partial charge in [0.05, 0.1) is 21.3 Å². The first kappa shape index (κ1) is 17.2. The first-order chi connectivity index (χ1) is 11.2. The molecule has 0 amide bonds. The summed E-state index contributed by atoms with van der Waals surface area (Å²) in [5, 5.41) is 3.54. The minimum absolute atomic E-state index is 0.347. The molecule has 1 N–H and O–H groups in total. The van der Waals surface area contributed by atoms with Crippen LogP contribution in [0.3, 0.4) is 0 Å². The second kappa shape index (κ2) is 8.44. The third-order valence-corrected chi connectivity index (χ3v) is 3.78. The Morgan fingerprint density at radius 2 is 1.65 bits per heavy atom. The lowest BCUT2D eigenvalue weighted by molar-refractivity contribution is 0.354. The number of hydrogen-bond acceptors (Lipinski definition) is 4. The van der Waals surface area contributed by atoms with E-state index in [0.717, 1.165) is 30.2 Å². The van der Waals surface area contributed by atoms with Crippen molar-refractivity contribution >= 4 is 0 Å². The second-order valence-electron chi connectivity index (χ2n) is 5.53. The molecule has 2 rings (SSSR count). The van der Waals surface area contributed by atoms with Crippen LogP contribution in [0.25, 0.3) is 0 Å². The molecule has 0 aromatic heterocycles. The Labute approximate surface area is 138 Å². The van der Waals surface area contributed by atoms with Gasteiger partial charge in [-0.1, -0.05) is 18.2 Å². The standard InChI is InChI=1S/C19H25NO3/c1-14(20-13-16-6-5-7-17(11-16)21-2)10-15-8-9-18(22-3)19(12-15)23-4/h5-9,11-12,14,20H,10,13H2,1-4H3. The number of rotatable bonds is 8. The van der Waals surface area contributed by atoms with E-state index in [4.69, 9.17) is 14.2 Å². The molecule has 0 fully saturated rings. The Hall–Kier alpha value is -2.20. The van der Waals surface area contributed by atoms with Crippen LogP contribution in [0, 0.1) is 0 Å². The summed E-state index contributed by atoms with van der Waals surface area (Å²) >= 11 is 0. The largest absolute Gasteiger partial charge is 0.497 e. The SMILES string of the molecule is COc1cccc(CNC(C)Cc2ccc(OC)c(OC)c2)c1. The van der Waals surface area contributed by atoms with Crippen molar-refractivity contribution in [2.45, 2.75) is 25.9 Å². The van der Waals surface area contributed by atoms with Gasteiger partial charge >= 0.3 is 0 Å². The Bertz CT molecular complexity index is 628. The van der Waals surface area contributed by atoms with Gasteiger partial charge in [-0.2, -0.15) is 0 Å². The van der Waals surface area contributed by atoms with Gasteiger partial charge in [-0.15, -0.1) is 0 Å². The summed E-state index contributed by atoms with van der Waals surface area (Å²) in [4.78, 5) is 0. The first-order valence-electron chi connectivity index (χ1n) is 7.73. The van der Waals surface area contributed by atoms with Gasteiger partial charge < -0.3 is 19.5 Å². The van der Waals surface area contributed by atoms with Crippen molar-refractivity contribution in [1.82, 2.24) is 5.32 Å². The fraction of sp³-hybridized carbons (Fsp3) is 0.368. The van der Waals surface area contributed by atoms with Crippen molar-refractivity contribution in [1.29, 1.82) is 0 Å². The second-order valence-corrected chi connectivity index (χ2v) is 5.53. The topological polar surface area (TPSA) is 39.7 Å². The van der Waals surface area contributed by atoms with Gasteiger partial charge in [0, 0.05) is 12.6 Å². The molecule has 2 aromatic rings. The van der Waals surface area contributed by atoms with E-state index in [0.29, 0.717) is 6.04 Å². The van der Waals surface area contributed by atoms with E-state index in [9.17, 15) is 0 Å². The fourth-order valence-corrected chi connectivity index (χ4v) is 2.51. The zero-order chi connectivity index (χ0) is 16.7. The van der Waals surface area contributed by atoms with Crippen molar-refractivity contribution in [3.05, 3.63) is 53.6 Å². The third kappa shape index (κ3) is 4.89. The number of benzene rings is 2. The molecule has 23 heavy (non-hydrogen) atoms. The predicted octanol–water partition coefficient (Wildman–Crippen LogP) is 3.43. The number of ether oxygens (including phenoxy) is 3. The highest BCUT2D eigenvalue weighted by molar-refractivity contribution is 5.43. The van der Waals surface area contributed by atoms with Gasteiger partial charge in [-0.3, -0.25) is 0 Å². The maximum absolute atomic E-state index is 5.35. The first-order valence-corrected chi connectivity index (χ1v) is 7.73. The summed E-state index contributed by atoms with van der Waals surface area (Å²) in [5.74, 6) is 2.41. The zero-order valence-electron chi connectivity index (χ0n) is 14.3. The van der Waals surface area contributed by atoms with E-state index in [1.54, 1.807) is 21.3 Å². The van der Waals surface area contributed by atoms with Crippen LogP contribution in [0.4, 0.5) is 0 Å². The summed E-state index contributed by atoms with van der Waals surface area (Å²) in [6, 6.07) is 14.5. The van der Waals surface area contributed by atoms with Gasteiger partial charge in [0.1, 0.15) is 5.75 Å². The van der Waals surface area contributed by atoms with E-state index < -0.39 is 0 Å². The van der Waals surface area contributed by atoms with E-state index >= 15 is 0 Å². The highest BCUT2D eigenvalue weighted by Crippen LogP contribution is 2.28. The van der Waals surface area contributed by atoms with Gasteiger partial charge in [0.15, 0.2) is 11.5 Å². The van der Waals surface area contributed by atoms with E-state index in [1.165, 1.54) is 11.1 Å². The van der Waals surface area contributed by atoms with Gasteiger partial charge in [-0.25, -0.2) is 0 Å². The van der Waals surface area contributed by atoms with Gasteiger partial charge in [0.25, 0.3) is 0 Å². The smallest absolute Gasteiger partial charge is 0.160 e. The van der Waals surface area contributed by atoms with Crippen molar-refractivity contribution in [2.75, 3.05) is 21.3 Å². The maximum Gasteiger partial charge on any atom is 0.160 e. The molecule has 0 aliphatic carbocycles. The lowest BCUT2D eigenvalue weighted by atomic mass is 10.1. The number of hydrogen-bond donors (Lipinski definition) is 1. The molecule has 0 saturated carbocycles. The van der Waals surface area contributed by atoms with Crippen LogP contribution < -0.4 is 19.5 Å². The van der Waals surface area contributed by atoms with Crippen molar-refractivity contribution in [3.63, 3.8) is 0 Å². The summed E-state index contributed by atoms with van der Waals surface area (Å²) in [6.45, 7) is 2.99. The Morgan fingerprint density at radius 3 is 2.35 bits per heavy atom. The zero-order valence-corrected chi connectivity index (χ0v) is 14.3. The highest BCUT2D eigenvalue weighted by atomic mass is 16.5. The quantitative estimate of drug-likeness (QED) is 0.810. The fourth-order valence-electron chi connectivity index (χ4n) is 2.51. The van der Waals surface area contributed by atoms with Crippen LogP contribution in [0.5, 0.6) is 17.2 Å². The van der Waals surface area contributed by atoms with Crippen molar-refractivity contribution in [3.8, 4) is 17.2 Å². The third-order valence-electron chi connectivity index (χ3n) is 3.78.